The zero-order chi connectivity index (χ0) is 20.0. The number of pyridine rings is 1. The average molecular weight is 413 g/mol. The van der Waals surface area contributed by atoms with Gasteiger partial charge in [-0.25, -0.2) is 9.78 Å². The van der Waals surface area contributed by atoms with Gasteiger partial charge in [-0.05, 0) is 44.7 Å². The molecular weight excluding hydrogens is 388 g/mol. The van der Waals surface area contributed by atoms with E-state index in [-0.39, 0.29) is 11.4 Å². The van der Waals surface area contributed by atoms with Crippen LogP contribution in [0.15, 0.2) is 24.5 Å². The highest BCUT2D eigenvalue weighted by molar-refractivity contribution is 6.35. The van der Waals surface area contributed by atoms with Gasteiger partial charge in [-0.2, -0.15) is 5.10 Å². The number of halogens is 1. The number of carbonyl (C=O) groups is 1. The van der Waals surface area contributed by atoms with Crippen LogP contribution in [0.1, 0.15) is 38.3 Å². The van der Waals surface area contributed by atoms with Crippen LogP contribution in [0.2, 0.25) is 5.02 Å². The van der Waals surface area contributed by atoms with Crippen molar-refractivity contribution in [2.75, 3.05) is 19.6 Å². The number of piperidine rings is 1. The van der Waals surface area contributed by atoms with Gasteiger partial charge in [0.1, 0.15) is 5.65 Å². The maximum Gasteiger partial charge on any atom is 0.317 e. The molecule has 0 aliphatic carbocycles. The Morgan fingerprint density at radius 3 is 2.90 bits per heavy atom. The number of hydrogen-bond donors (Lipinski definition) is 2. The highest BCUT2D eigenvalue weighted by atomic mass is 35.5. The number of likely N-dealkylation sites (tertiary alicyclic amines) is 1. The molecule has 5 heterocycles. The van der Waals surface area contributed by atoms with E-state index in [2.05, 4.69) is 32.1 Å². The van der Waals surface area contributed by atoms with E-state index in [9.17, 15) is 4.79 Å². The summed E-state index contributed by atoms with van der Waals surface area (Å²) in [6, 6.07) is 4.33. The van der Waals surface area contributed by atoms with Gasteiger partial charge in [-0.1, -0.05) is 11.6 Å². The molecule has 1 saturated heterocycles. The van der Waals surface area contributed by atoms with E-state index in [0.717, 1.165) is 67.6 Å². The number of aromatic amines is 1. The molecule has 0 saturated carbocycles. The molecule has 2 amide bonds. The normalized spacial score (nSPS) is 18.2. The average Bonchev–Trinajstić information content (AvgIpc) is 3.34. The molecule has 29 heavy (non-hydrogen) atoms. The number of nitrogens with one attached hydrogen (secondary N) is 2. The highest BCUT2D eigenvalue weighted by Gasteiger charge is 2.41. The number of hydrogen-bond acceptors (Lipinski definition) is 3. The van der Waals surface area contributed by atoms with Gasteiger partial charge in [-0.15, -0.1) is 0 Å². The predicted molar refractivity (Wildman–Crippen MR) is 113 cm³/mol. The van der Waals surface area contributed by atoms with Crippen molar-refractivity contribution in [2.45, 2.75) is 44.6 Å². The van der Waals surface area contributed by atoms with Crippen LogP contribution < -0.4 is 5.32 Å². The summed E-state index contributed by atoms with van der Waals surface area (Å²) in [7, 11) is 0. The molecule has 2 aliphatic rings. The third-order valence-corrected chi connectivity index (χ3v) is 6.77. The third kappa shape index (κ3) is 3.08. The van der Waals surface area contributed by atoms with Crippen molar-refractivity contribution in [3.8, 4) is 11.3 Å². The van der Waals surface area contributed by atoms with Crippen LogP contribution in [-0.2, 0) is 12.0 Å². The van der Waals surface area contributed by atoms with Crippen LogP contribution in [0.5, 0.6) is 0 Å². The fraction of sp³-hybridized carbons (Fsp3) is 0.476. The maximum absolute atomic E-state index is 12.2. The number of aromatic nitrogens is 4. The van der Waals surface area contributed by atoms with Gasteiger partial charge < -0.3 is 15.2 Å². The summed E-state index contributed by atoms with van der Waals surface area (Å²) >= 11 is 6.28. The van der Waals surface area contributed by atoms with Crippen molar-refractivity contribution in [1.29, 1.82) is 0 Å². The van der Waals surface area contributed by atoms with Gasteiger partial charge >= 0.3 is 6.03 Å². The Kier molecular flexibility index (Phi) is 4.50. The van der Waals surface area contributed by atoms with Crippen LogP contribution in [0.3, 0.4) is 0 Å². The lowest BCUT2D eigenvalue weighted by Crippen LogP contribution is -2.50. The summed E-state index contributed by atoms with van der Waals surface area (Å²) in [4.78, 5) is 21.7. The Morgan fingerprint density at radius 1 is 1.28 bits per heavy atom. The van der Waals surface area contributed by atoms with E-state index in [1.807, 2.05) is 18.0 Å². The largest absolute Gasteiger partial charge is 0.345 e. The molecule has 0 bridgehead atoms. The van der Waals surface area contributed by atoms with Crippen molar-refractivity contribution >= 4 is 28.7 Å². The van der Waals surface area contributed by atoms with Gasteiger partial charge in [0.05, 0.1) is 10.7 Å². The van der Waals surface area contributed by atoms with E-state index < -0.39 is 0 Å². The van der Waals surface area contributed by atoms with E-state index in [0.29, 0.717) is 11.6 Å². The Balaban J connectivity index is 1.45. The number of urea groups is 1. The fourth-order valence-corrected chi connectivity index (χ4v) is 5.07. The summed E-state index contributed by atoms with van der Waals surface area (Å²) < 4.78 is 2.17. The first-order valence-corrected chi connectivity index (χ1v) is 10.7. The van der Waals surface area contributed by atoms with Crippen molar-refractivity contribution in [2.24, 2.45) is 0 Å². The SMILES string of the molecule is CCNC(=O)N1CCC2(CCCn3nc(-c4cnc5[nH]cc(Cl)c5c4)cc32)CC1. The standard InChI is InChI=1S/C21H25ClN6O/c1-2-23-20(29)27-8-5-21(6-9-27)4-3-7-28-18(21)11-17(26-28)14-10-15-16(22)13-25-19(15)24-12-14/h10-13H,2-9H2,1H3,(H,23,29)(H,24,25). The number of amides is 2. The number of rotatable bonds is 2. The Morgan fingerprint density at radius 2 is 2.10 bits per heavy atom. The number of nitrogens with zero attached hydrogens (tertiary/aromatic N) is 4. The third-order valence-electron chi connectivity index (χ3n) is 6.46. The van der Waals surface area contributed by atoms with Crippen LogP contribution in [0.4, 0.5) is 4.79 Å². The fourth-order valence-electron chi connectivity index (χ4n) is 4.87. The first kappa shape index (κ1) is 18.5. The van der Waals surface area contributed by atoms with Crippen LogP contribution >= 0.6 is 11.6 Å². The van der Waals surface area contributed by atoms with E-state index in [1.54, 1.807) is 6.20 Å². The lowest BCUT2D eigenvalue weighted by Gasteiger charge is -2.44. The second kappa shape index (κ2) is 7.06. The summed E-state index contributed by atoms with van der Waals surface area (Å²) in [5.41, 5.74) is 4.12. The zero-order valence-electron chi connectivity index (χ0n) is 16.5. The topological polar surface area (TPSA) is 78.8 Å². The molecular formula is C21H25ClN6O. The molecule has 8 heteroatoms. The van der Waals surface area contributed by atoms with Crippen LogP contribution in [0.25, 0.3) is 22.3 Å². The molecule has 152 valence electrons. The Bertz CT molecular complexity index is 1060. The number of fused-ring (bicyclic) bond motifs is 3. The number of aryl methyl sites for hydroxylation is 1. The van der Waals surface area contributed by atoms with Crippen LogP contribution in [-0.4, -0.2) is 50.3 Å². The second-order valence-electron chi connectivity index (χ2n) is 8.10. The summed E-state index contributed by atoms with van der Waals surface area (Å²) in [5, 5.41) is 9.41. The van der Waals surface area contributed by atoms with E-state index >= 15 is 0 Å². The zero-order valence-corrected chi connectivity index (χ0v) is 17.3. The number of H-pyrrole nitrogens is 1. The molecule has 1 spiro atoms. The lowest BCUT2D eigenvalue weighted by atomic mass is 9.70. The molecule has 1 fully saturated rings. The minimum absolute atomic E-state index is 0.0510. The molecule has 2 N–H and O–H groups in total. The van der Waals surface area contributed by atoms with Crippen molar-refractivity contribution in [3.63, 3.8) is 0 Å². The number of carbonyl (C=O) groups excluding carboxylic acids is 1. The Hall–Kier alpha value is -2.54. The minimum atomic E-state index is 0.0510. The first-order valence-electron chi connectivity index (χ1n) is 10.3. The van der Waals surface area contributed by atoms with Crippen molar-refractivity contribution < 1.29 is 4.79 Å². The lowest BCUT2D eigenvalue weighted by molar-refractivity contribution is 0.139. The minimum Gasteiger partial charge on any atom is -0.345 e. The molecule has 0 atom stereocenters. The summed E-state index contributed by atoms with van der Waals surface area (Å²) in [6.45, 7) is 5.15. The highest BCUT2D eigenvalue weighted by Crippen LogP contribution is 2.43. The monoisotopic (exact) mass is 412 g/mol. The van der Waals surface area contributed by atoms with Crippen LogP contribution in [0, 0.1) is 0 Å². The molecule has 5 rings (SSSR count). The van der Waals surface area contributed by atoms with Gasteiger partial charge in [-0.3, -0.25) is 4.68 Å². The molecule has 0 unspecified atom stereocenters. The molecule has 3 aromatic rings. The molecule has 0 aromatic carbocycles. The Labute approximate surface area is 174 Å². The summed E-state index contributed by atoms with van der Waals surface area (Å²) in [6.07, 6.45) is 7.86. The van der Waals surface area contributed by atoms with E-state index in [4.69, 9.17) is 16.7 Å². The van der Waals surface area contributed by atoms with Gasteiger partial charge in [0.2, 0.25) is 0 Å². The molecule has 0 radical (unpaired) electrons. The second-order valence-corrected chi connectivity index (χ2v) is 8.51. The summed E-state index contributed by atoms with van der Waals surface area (Å²) in [5.74, 6) is 0. The molecule has 2 aliphatic heterocycles. The van der Waals surface area contributed by atoms with Gasteiger partial charge in [0.15, 0.2) is 0 Å². The maximum atomic E-state index is 12.2. The molecule has 7 nitrogen and oxygen atoms in total. The van der Waals surface area contributed by atoms with E-state index in [1.165, 1.54) is 5.69 Å². The van der Waals surface area contributed by atoms with Gasteiger partial charge in [0, 0.05) is 60.6 Å². The predicted octanol–water partition coefficient (Wildman–Crippen LogP) is 3.94. The quantitative estimate of drug-likeness (QED) is 0.669. The molecule has 3 aromatic heterocycles. The first-order chi connectivity index (χ1) is 14.1. The van der Waals surface area contributed by atoms with Crippen molar-refractivity contribution in [3.05, 3.63) is 35.2 Å². The van der Waals surface area contributed by atoms with Gasteiger partial charge in [0.25, 0.3) is 0 Å². The smallest absolute Gasteiger partial charge is 0.317 e. The van der Waals surface area contributed by atoms with Crippen molar-refractivity contribution in [1.82, 2.24) is 30.0 Å².